The number of hydrogen-bond donors (Lipinski definition) is 2. The molecular weight excluding hydrogens is 396 g/mol. The van der Waals surface area contributed by atoms with Gasteiger partial charge in [0.05, 0.1) is 12.1 Å². The van der Waals surface area contributed by atoms with Gasteiger partial charge in [0.15, 0.2) is 6.61 Å². The van der Waals surface area contributed by atoms with Crippen molar-refractivity contribution in [1.82, 2.24) is 25.2 Å². The van der Waals surface area contributed by atoms with Gasteiger partial charge in [0.25, 0.3) is 0 Å². The molecule has 2 aromatic heterocycles. The number of nitrogens with one attached hydrogen (secondary N) is 2. The molecule has 29 heavy (non-hydrogen) atoms. The molecule has 0 bridgehead atoms. The second-order valence-corrected chi connectivity index (χ2v) is 6.85. The standard InChI is InChI=1S/C19H22N6O3.ClH/c1-12-22-18(24-28-12)11-27-15-5-3-14(4-6-15)23-19(26)17-9-20-8-16(17)13-7-21-25(2)10-13;/h3-7,10,16-17,20H,8-9,11H2,1-2H3,(H,23,26);1H/t16-,17+;/m1./s1. The lowest BCUT2D eigenvalue weighted by Crippen LogP contribution is -2.28. The third kappa shape index (κ3) is 4.93. The van der Waals surface area contributed by atoms with E-state index in [4.69, 9.17) is 9.26 Å². The number of anilines is 1. The number of hydrogen-bond acceptors (Lipinski definition) is 7. The normalized spacial score (nSPS) is 18.3. The van der Waals surface area contributed by atoms with E-state index in [2.05, 4.69) is 25.9 Å². The molecule has 3 heterocycles. The van der Waals surface area contributed by atoms with Crippen LogP contribution in [0.5, 0.6) is 5.75 Å². The summed E-state index contributed by atoms with van der Waals surface area (Å²) >= 11 is 0. The van der Waals surface area contributed by atoms with Gasteiger partial charge in [0.1, 0.15) is 5.75 Å². The fourth-order valence-electron chi connectivity index (χ4n) is 3.35. The Morgan fingerprint density at radius 1 is 1.34 bits per heavy atom. The third-order valence-corrected chi connectivity index (χ3v) is 4.76. The van der Waals surface area contributed by atoms with E-state index in [9.17, 15) is 4.79 Å². The summed E-state index contributed by atoms with van der Waals surface area (Å²) in [5.74, 6) is 1.63. The van der Waals surface area contributed by atoms with Crippen LogP contribution in [-0.4, -0.2) is 38.9 Å². The van der Waals surface area contributed by atoms with Gasteiger partial charge in [-0.2, -0.15) is 10.1 Å². The van der Waals surface area contributed by atoms with Crippen molar-refractivity contribution in [3.8, 4) is 5.75 Å². The van der Waals surface area contributed by atoms with Crippen LogP contribution in [0.3, 0.4) is 0 Å². The number of aromatic nitrogens is 4. The highest BCUT2D eigenvalue weighted by Gasteiger charge is 2.34. The fourth-order valence-corrected chi connectivity index (χ4v) is 3.35. The van der Waals surface area contributed by atoms with Crippen LogP contribution in [0.25, 0.3) is 0 Å². The second kappa shape index (κ2) is 9.06. The van der Waals surface area contributed by atoms with E-state index < -0.39 is 0 Å². The van der Waals surface area contributed by atoms with Gasteiger partial charge in [0, 0.05) is 44.9 Å². The molecule has 1 amide bonds. The quantitative estimate of drug-likeness (QED) is 0.630. The van der Waals surface area contributed by atoms with E-state index in [1.165, 1.54) is 0 Å². The van der Waals surface area contributed by atoms with E-state index in [0.29, 0.717) is 24.0 Å². The molecular formula is C19H23ClN6O3. The number of rotatable bonds is 6. The number of amides is 1. The van der Waals surface area contributed by atoms with Gasteiger partial charge in [0.2, 0.25) is 17.6 Å². The molecule has 9 nitrogen and oxygen atoms in total. The number of halogens is 1. The molecule has 3 aromatic rings. The molecule has 10 heteroatoms. The van der Waals surface area contributed by atoms with Crippen molar-refractivity contribution in [2.75, 3.05) is 18.4 Å². The Balaban J connectivity index is 0.00000240. The van der Waals surface area contributed by atoms with Crippen molar-refractivity contribution in [3.05, 3.63) is 53.9 Å². The lowest BCUT2D eigenvalue weighted by molar-refractivity contribution is -0.119. The predicted molar refractivity (Wildman–Crippen MR) is 108 cm³/mol. The average molecular weight is 419 g/mol. The number of carbonyl (C=O) groups is 1. The maximum Gasteiger partial charge on any atom is 0.229 e. The molecule has 0 spiro atoms. The molecule has 1 aliphatic rings. The summed E-state index contributed by atoms with van der Waals surface area (Å²) in [5, 5.41) is 14.3. The van der Waals surface area contributed by atoms with Crippen LogP contribution >= 0.6 is 12.4 Å². The van der Waals surface area contributed by atoms with E-state index in [0.717, 1.165) is 17.8 Å². The fraction of sp³-hybridized carbons (Fsp3) is 0.368. The van der Waals surface area contributed by atoms with E-state index in [1.54, 1.807) is 23.7 Å². The molecule has 0 saturated carbocycles. The Morgan fingerprint density at radius 2 is 2.14 bits per heavy atom. The lowest BCUT2D eigenvalue weighted by Gasteiger charge is -2.17. The predicted octanol–water partition coefficient (Wildman–Crippen LogP) is 2.05. The smallest absolute Gasteiger partial charge is 0.229 e. The maximum absolute atomic E-state index is 12.8. The zero-order chi connectivity index (χ0) is 19.5. The summed E-state index contributed by atoms with van der Waals surface area (Å²) in [6.45, 7) is 3.37. The van der Waals surface area contributed by atoms with Crippen molar-refractivity contribution in [1.29, 1.82) is 0 Å². The highest BCUT2D eigenvalue weighted by molar-refractivity contribution is 5.93. The maximum atomic E-state index is 12.8. The highest BCUT2D eigenvalue weighted by atomic mass is 35.5. The van der Waals surface area contributed by atoms with E-state index >= 15 is 0 Å². The van der Waals surface area contributed by atoms with Crippen LogP contribution in [0.4, 0.5) is 5.69 Å². The molecule has 0 unspecified atom stereocenters. The molecule has 1 saturated heterocycles. The molecule has 4 rings (SSSR count). The van der Waals surface area contributed by atoms with Crippen LogP contribution in [0, 0.1) is 12.8 Å². The monoisotopic (exact) mass is 418 g/mol. The summed E-state index contributed by atoms with van der Waals surface area (Å²) < 4.78 is 12.3. The minimum atomic E-state index is -0.137. The van der Waals surface area contributed by atoms with Crippen LogP contribution in [0.1, 0.15) is 23.2 Å². The van der Waals surface area contributed by atoms with Gasteiger partial charge in [-0.1, -0.05) is 5.16 Å². The first-order valence-electron chi connectivity index (χ1n) is 9.10. The first kappa shape index (κ1) is 20.8. The van der Waals surface area contributed by atoms with Crippen molar-refractivity contribution < 1.29 is 14.1 Å². The average Bonchev–Trinajstić information content (AvgIpc) is 3.41. The van der Waals surface area contributed by atoms with Crippen LogP contribution in [0.2, 0.25) is 0 Å². The van der Waals surface area contributed by atoms with Gasteiger partial charge in [-0.15, -0.1) is 12.4 Å². The Bertz CT molecular complexity index is 955. The SMILES string of the molecule is Cc1nc(COc2ccc(NC(=O)[C@H]3CNC[C@@H]3c3cnn(C)c3)cc2)no1.Cl. The number of aryl methyl sites for hydroxylation is 2. The Labute approximate surface area is 174 Å². The molecule has 1 aromatic carbocycles. The van der Waals surface area contributed by atoms with Crippen molar-refractivity contribution >= 4 is 24.0 Å². The van der Waals surface area contributed by atoms with Gasteiger partial charge < -0.3 is 19.9 Å². The first-order valence-corrected chi connectivity index (χ1v) is 9.10. The van der Waals surface area contributed by atoms with Gasteiger partial charge in [-0.05, 0) is 29.8 Å². The number of ether oxygens (including phenoxy) is 1. The second-order valence-electron chi connectivity index (χ2n) is 6.85. The number of nitrogens with zero attached hydrogens (tertiary/aromatic N) is 4. The van der Waals surface area contributed by atoms with Crippen molar-refractivity contribution in [2.45, 2.75) is 19.4 Å². The van der Waals surface area contributed by atoms with Gasteiger partial charge in [-0.3, -0.25) is 9.48 Å². The Morgan fingerprint density at radius 3 is 2.79 bits per heavy atom. The van der Waals surface area contributed by atoms with E-state index in [1.807, 2.05) is 31.6 Å². The summed E-state index contributed by atoms with van der Waals surface area (Å²) in [6, 6.07) is 7.23. The summed E-state index contributed by atoms with van der Waals surface area (Å²) in [5.41, 5.74) is 1.80. The van der Waals surface area contributed by atoms with Crippen molar-refractivity contribution in [2.24, 2.45) is 13.0 Å². The van der Waals surface area contributed by atoms with Crippen molar-refractivity contribution in [3.63, 3.8) is 0 Å². The molecule has 1 aliphatic heterocycles. The third-order valence-electron chi connectivity index (χ3n) is 4.76. The molecule has 0 aliphatic carbocycles. The largest absolute Gasteiger partial charge is 0.485 e. The van der Waals surface area contributed by atoms with Crippen LogP contribution < -0.4 is 15.4 Å². The summed E-state index contributed by atoms with van der Waals surface area (Å²) in [4.78, 5) is 16.9. The lowest BCUT2D eigenvalue weighted by atomic mass is 9.90. The summed E-state index contributed by atoms with van der Waals surface area (Å²) in [6.07, 6.45) is 3.80. The molecule has 2 N–H and O–H groups in total. The minimum absolute atomic E-state index is 0. The number of carbonyl (C=O) groups excluding carboxylic acids is 1. The molecule has 154 valence electrons. The summed E-state index contributed by atoms with van der Waals surface area (Å²) in [7, 11) is 1.88. The van der Waals surface area contributed by atoms with Gasteiger partial charge >= 0.3 is 0 Å². The highest BCUT2D eigenvalue weighted by Crippen LogP contribution is 2.29. The topological polar surface area (TPSA) is 107 Å². The molecule has 0 radical (unpaired) electrons. The minimum Gasteiger partial charge on any atom is -0.485 e. The zero-order valence-electron chi connectivity index (χ0n) is 16.2. The Hall–Kier alpha value is -2.91. The van der Waals surface area contributed by atoms with E-state index in [-0.39, 0.29) is 36.8 Å². The zero-order valence-corrected chi connectivity index (χ0v) is 17.0. The van der Waals surface area contributed by atoms with Gasteiger partial charge in [-0.25, -0.2) is 0 Å². The van der Waals surface area contributed by atoms with Crippen LogP contribution in [-0.2, 0) is 18.4 Å². The number of benzene rings is 1. The Kier molecular flexibility index (Phi) is 6.50. The first-order chi connectivity index (χ1) is 13.6. The van der Waals surface area contributed by atoms with Crippen LogP contribution in [0.15, 0.2) is 41.2 Å². The molecule has 2 atom stereocenters. The molecule has 1 fully saturated rings.